The number of carbonyl (C=O) groups is 1. The van der Waals surface area contributed by atoms with Gasteiger partial charge in [0.15, 0.2) is 6.30 Å². The lowest BCUT2D eigenvalue weighted by atomic mass is 9.82. The van der Waals surface area contributed by atoms with Gasteiger partial charge in [0.25, 0.3) is 0 Å². The highest BCUT2D eigenvalue weighted by Gasteiger charge is 2.45. The van der Waals surface area contributed by atoms with Crippen LogP contribution in [0.15, 0.2) is 48.7 Å². The highest BCUT2D eigenvalue weighted by atomic mass is 19.1. The van der Waals surface area contributed by atoms with E-state index >= 15 is 0 Å². The number of pyridine rings is 1. The maximum absolute atomic E-state index is 14.8. The zero-order valence-electron chi connectivity index (χ0n) is 18.2. The molecule has 0 saturated carbocycles. The number of amides is 2. The summed E-state index contributed by atoms with van der Waals surface area (Å²) in [5, 5.41) is 1.13. The van der Waals surface area contributed by atoms with Crippen molar-refractivity contribution < 1.29 is 18.8 Å². The number of nitrogens with one attached hydrogen (secondary N) is 1. The molecule has 3 aromatic rings. The zero-order valence-corrected chi connectivity index (χ0v) is 18.2. The molecule has 2 unspecified atom stereocenters. The Morgan fingerprint density at radius 1 is 1.28 bits per heavy atom. The fourth-order valence-electron chi connectivity index (χ4n) is 4.97. The number of hydrogen-bond donors (Lipinski definition) is 1. The largest absolute Gasteiger partial charge is 0.487 e. The molecule has 166 valence electrons. The van der Waals surface area contributed by atoms with Crippen molar-refractivity contribution in [3.8, 4) is 16.9 Å². The SMILES string of the molecule is CONC(=O)N1CCC2(CCc3cc(-c4ccc5cccnc5c4C)ccc3O2)CC1F. The molecule has 0 bridgehead atoms. The van der Waals surface area contributed by atoms with E-state index in [0.717, 1.165) is 56.6 Å². The summed E-state index contributed by atoms with van der Waals surface area (Å²) in [5.74, 6) is 0.804. The van der Waals surface area contributed by atoms with Gasteiger partial charge in [0.1, 0.15) is 11.4 Å². The number of fused-ring (bicyclic) bond motifs is 2. The Labute approximate surface area is 186 Å². The molecule has 0 radical (unpaired) electrons. The normalized spacial score (nSPS) is 22.5. The number of rotatable bonds is 2. The lowest BCUT2D eigenvalue weighted by Crippen LogP contribution is -2.56. The topological polar surface area (TPSA) is 63.7 Å². The summed E-state index contributed by atoms with van der Waals surface area (Å²) in [6.07, 6.45) is 2.68. The number of urea groups is 1. The summed E-state index contributed by atoms with van der Waals surface area (Å²) >= 11 is 0. The van der Waals surface area contributed by atoms with Gasteiger partial charge < -0.3 is 4.74 Å². The van der Waals surface area contributed by atoms with Gasteiger partial charge in [-0.05, 0) is 60.2 Å². The predicted molar refractivity (Wildman–Crippen MR) is 120 cm³/mol. The molecule has 2 atom stereocenters. The maximum atomic E-state index is 14.8. The van der Waals surface area contributed by atoms with Crippen LogP contribution in [0, 0.1) is 6.92 Å². The summed E-state index contributed by atoms with van der Waals surface area (Å²) in [6.45, 7) is 2.39. The van der Waals surface area contributed by atoms with E-state index in [-0.39, 0.29) is 13.0 Å². The van der Waals surface area contributed by atoms with E-state index in [0.29, 0.717) is 6.42 Å². The zero-order chi connectivity index (χ0) is 22.3. The number of benzene rings is 2. The summed E-state index contributed by atoms with van der Waals surface area (Å²) in [5.41, 5.74) is 7.18. The molecule has 2 aromatic carbocycles. The predicted octanol–water partition coefficient (Wildman–Crippen LogP) is 4.94. The van der Waals surface area contributed by atoms with Crippen LogP contribution in [0.4, 0.5) is 9.18 Å². The van der Waals surface area contributed by atoms with Gasteiger partial charge in [-0.3, -0.25) is 14.7 Å². The second-order valence-electron chi connectivity index (χ2n) is 8.61. The number of aryl methyl sites for hydroxylation is 2. The maximum Gasteiger partial charge on any atom is 0.343 e. The van der Waals surface area contributed by atoms with Crippen molar-refractivity contribution in [3.05, 3.63) is 59.8 Å². The van der Waals surface area contributed by atoms with E-state index in [2.05, 4.69) is 52.6 Å². The van der Waals surface area contributed by atoms with Crippen molar-refractivity contribution in [2.75, 3.05) is 13.7 Å². The van der Waals surface area contributed by atoms with E-state index in [1.54, 1.807) is 0 Å². The van der Waals surface area contributed by atoms with Crippen molar-refractivity contribution in [1.82, 2.24) is 15.4 Å². The third-order valence-electron chi connectivity index (χ3n) is 6.71. The van der Waals surface area contributed by atoms with Crippen LogP contribution in [-0.4, -0.2) is 41.5 Å². The van der Waals surface area contributed by atoms with Crippen LogP contribution in [0.5, 0.6) is 5.75 Å². The minimum absolute atomic E-state index is 0.154. The Morgan fingerprint density at radius 3 is 2.97 bits per heavy atom. The van der Waals surface area contributed by atoms with Crippen LogP contribution in [-0.2, 0) is 11.3 Å². The summed E-state index contributed by atoms with van der Waals surface area (Å²) < 4.78 is 21.2. The molecule has 32 heavy (non-hydrogen) atoms. The van der Waals surface area contributed by atoms with Crippen molar-refractivity contribution in [3.63, 3.8) is 0 Å². The van der Waals surface area contributed by atoms with Crippen LogP contribution in [0.3, 0.4) is 0 Å². The number of carbonyl (C=O) groups excluding carboxylic acids is 1. The third kappa shape index (κ3) is 3.56. The first-order chi connectivity index (χ1) is 15.5. The van der Waals surface area contributed by atoms with Crippen molar-refractivity contribution >= 4 is 16.9 Å². The third-order valence-corrected chi connectivity index (χ3v) is 6.71. The van der Waals surface area contributed by atoms with E-state index in [1.807, 2.05) is 18.3 Å². The van der Waals surface area contributed by atoms with Crippen LogP contribution in [0.1, 0.15) is 30.4 Å². The molecule has 0 aliphatic carbocycles. The number of hydrogen-bond acceptors (Lipinski definition) is 4. The number of alkyl halides is 1. The molecular formula is C25H26FN3O3. The van der Waals surface area contributed by atoms with Gasteiger partial charge in [-0.2, -0.15) is 0 Å². The van der Waals surface area contributed by atoms with Crippen LogP contribution in [0.25, 0.3) is 22.0 Å². The van der Waals surface area contributed by atoms with E-state index in [4.69, 9.17) is 4.74 Å². The number of hydroxylamine groups is 1. The van der Waals surface area contributed by atoms with Gasteiger partial charge in [0.05, 0.1) is 12.6 Å². The number of nitrogens with zero attached hydrogens (tertiary/aromatic N) is 2. The number of ether oxygens (including phenoxy) is 1. The van der Waals surface area contributed by atoms with E-state index in [9.17, 15) is 9.18 Å². The summed E-state index contributed by atoms with van der Waals surface area (Å²) in [6, 6.07) is 13.9. The van der Waals surface area contributed by atoms with Gasteiger partial charge >= 0.3 is 6.03 Å². The molecule has 7 heteroatoms. The quantitative estimate of drug-likeness (QED) is 0.458. The first-order valence-corrected chi connectivity index (χ1v) is 10.9. The Morgan fingerprint density at radius 2 is 2.16 bits per heavy atom. The summed E-state index contributed by atoms with van der Waals surface area (Å²) in [7, 11) is 1.34. The minimum atomic E-state index is -1.41. The monoisotopic (exact) mass is 435 g/mol. The molecule has 6 nitrogen and oxygen atoms in total. The van der Waals surface area contributed by atoms with Crippen LogP contribution in [0.2, 0.25) is 0 Å². The molecule has 2 aliphatic rings. The lowest BCUT2D eigenvalue weighted by Gasteiger charge is -2.45. The number of halogens is 1. The van der Waals surface area contributed by atoms with Crippen molar-refractivity contribution in [2.45, 2.75) is 44.5 Å². The molecule has 3 heterocycles. The second kappa shape index (κ2) is 8.06. The Hall–Kier alpha value is -3.19. The fraction of sp³-hybridized carbons (Fsp3) is 0.360. The second-order valence-corrected chi connectivity index (χ2v) is 8.61. The van der Waals surface area contributed by atoms with E-state index in [1.165, 1.54) is 7.11 Å². The van der Waals surface area contributed by atoms with Gasteiger partial charge in [0, 0.05) is 31.0 Å². The summed E-state index contributed by atoms with van der Waals surface area (Å²) in [4.78, 5) is 22.3. The fourth-order valence-corrected chi connectivity index (χ4v) is 4.97. The lowest BCUT2D eigenvalue weighted by molar-refractivity contribution is -0.0664. The van der Waals surface area contributed by atoms with Gasteiger partial charge in [-0.15, -0.1) is 0 Å². The number of piperidine rings is 1. The van der Waals surface area contributed by atoms with Gasteiger partial charge in [0.2, 0.25) is 0 Å². The van der Waals surface area contributed by atoms with E-state index < -0.39 is 17.9 Å². The highest BCUT2D eigenvalue weighted by Crippen LogP contribution is 2.43. The Bertz CT molecular complexity index is 1180. The van der Waals surface area contributed by atoms with Crippen molar-refractivity contribution in [2.24, 2.45) is 0 Å². The van der Waals surface area contributed by atoms with Crippen molar-refractivity contribution in [1.29, 1.82) is 0 Å². The highest BCUT2D eigenvalue weighted by molar-refractivity contribution is 5.88. The molecule has 1 aromatic heterocycles. The minimum Gasteiger partial charge on any atom is -0.487 e. The average Bonchev–Trinajstić information content (AvgIpc) is 2.79. The molecule has 2 amide bonds. The van der Waals surface area contributed by atoms with Gasteiger partial charge in [-0.1, -0.05) is 24.3 Å². The molecular weight excluding hydrogens is 409 g/mol. The number of aromatic nitrogens is 1. The van der Waals surface area contributed by atoms with Crippen LogP contribution >= 0.6 is 0 Å². The Balaban J connectivity index is 1.38. The first-order valence-electron chi connectivity index (χ1n) is 10.9. The molecule has 1 fully saturated rings. The molecule has 2 aliphatic heterocycles. The van der Waals surface area contributed by atoms with Gasteiger partial charge in [-0.25, -0.2) is 14.7 Å². The first kappa shape index (κ1) is 20.7. The number of likely N-dealkylation sites (tertiary alicyclic amines) is 1. The standard InChI is InChI=1S/C25H26FN3O3/c1-16-20(7-5-17-4-3-12-27-23(16)17)18-6-8-21-19(14-18)9-10-25(32-21)11-13-29(22(26)15-25)24(30)28-31-2/h3-8,12,14,22H,9-11,13,15H2,1-2H3,(H,28,30). The Kier molecular flexibility index (Phi) is 5.21. The molecule has 1 N–H and O–H groups in total. The average molecular weight is 435 g/mol. The molecule has 5 rings (SSSR count). The molecule has 1 spiro atoms. The van der Waals surface area contributed by atoms with Crippen LogP contribution < -0.4 is 10.2 Å². The molecule has 1 saturated heterocycles. The smallest absolute Gasteiger partial charge is 0.343 e.